The molecule has 0 aromatic heterocycles. The minimum Gasteiger partial charge on any atom is -0.469 e. The Morgan fingerprint density at radius 3 is 2.09 bits per heavy atom. The van der Waals surface area contributed by atoms with Crippen LogP contribution in [0.3, 0.4) is 0 Å². The van der Waals surface area contributed by atoms with Crippen molar-refractivity contribution in [2.24, 2.45) is 0 Å². The average Bonchev–Trinajstić information content (AvgIpc) is 2.94. The van der Waals surface area contributed by atoms with Crippen molar-refractivity contribution in [1.29, 1.82) is 0 Å². The van der Waals surface area contributed by atoms with Gasteiger partial charge in [0.1, 0.15) is 0 Å². The molecule has 0 spiro atoms. The fourth-order valence-corrected chi connectivity index (χ4v) is 3.31. The third-order valence-electron chi connectivity index (χ3n) is 4.78. The topological polar surface area (TPSA) is 29.5 Å². The fourth-order valence-electron chi connectivity index (χ4n) is 3.31. The number of hydrogen-bond acceptors (Lipinski definition) is 3. The predicted octanol–water partition coefficient (Wildman–Crippen LogP) is 5.06. The van der Waals surface area contributed by atoms with Crippen molar-refractivity contribution in [2.75, 3.05) is 13.7 Å². The molecule has 1 rings (SSSR count). The Hall–Kier alpha value is -0.990. The minimum absolute atomic E-state index is 0.0763. The van der Waals surface area contributed by atoms with Crippen molar-refractivity contribution in [3.05, 3.63) is 12.3 Å². The number of unbranched alkanes of at least 4 members (excludes halogenated alkanes) is 7. The second kappa shape index (κ2) is 11.6. The third kappa shape index (κ3) is 7.86. The standard InChI is InChI=1S/C19H35NO2/c1-17(20-16-12-14-18(20)2)13-10-8-6-4-5-7-9-11-15-19(21)22-3/h18H,1,4-16H2,2-3H3. The van der Waals surface area contributed by atoms with Crippen molar-refractivity contribution in [2.45, 2.75) is 90.0 Å². The lowest BCUT2D eigenvalue weighted by molar-refractivity contribution is -0.140. The van der Waals surface area contributed by atoms with Gasteiger partial charge in [-0.05, 0) is 39.0 Å². The Kier molecular flexibility index (Phi) is 10.0. The van der Waals surface area contributed by atoms with E-state index in [1.807, 2.05) is 0 Å². The van der Waals surface area contributed by atoms with Gasteiger partial charge in [0.2, 0.25) is 0 Å². The van der Waals surface area contributed by atoms with Crippen molar-refractivity contribution >= 4 is 5.97 Å². The van der Waals surface area contributed by atoms with Crippen LogP contribution in [0.4, 0.5) is 0 Å². The summed E-state index contributed by atoms with van der Waals surface area (Å²) in [5.41, 5.74) is 1.35. The first-order chi connectivity index (χ1) is 10.6. The molecule has 128 valence electrons. The molecule has 1 aliphatic rings. The first kappa shape index (κ1) is 19.1. The maximum absolute atomic E-state index is 11.0. The zero-order valence-electron chi connectivity index (χ0n) is 14.7. The monoisotopic (exact) mass is 309 g/mol. The first-order valence-electron chi connectivity index (χ1n) is 9.16. The highest BCUT2D eigenvalue weighted by atomic mass is 16.5. The summed E-state index contributed by atoms with van der Waals surface area (Å²) in [7, 11) is 1.46. The van der Waals surface area contributed by atoms with Crippen LogP contribution < -0.4 is 0 Å². The summed E-state index contributed by atoms with van der Waals surface area (Å²) in [6.07, 6.45) is 14.3. The van der Waals surface area contributed by atoms with Crippen molar-refractivity contribution in [3.63, 3.8) is 0 Å². The number of likely N-dealkylation sites (tertiary alicyclic amines) is 1. The number of methoxy groups -OCH3 is 1. The van der Waals surface area contributed by atoms with Crippen molar-refractivity contribution in [3.8, 4) is 0 Å². The van der Waals surface area contributed by atoms with Gasteiger partial charge >= 0.3 is 5.97 Å². The molecule has 0 N–H and O–H groups in total. The van der Waals surface area contributed by atoms with Gasteiger partial charge in [-0.3, -0.25) is 4.79 Å². The Morgan fingerprint density at radius 1 is 1.05 bits per heavy atom. The van der Waals surface area contributed by atoms with E-state index in [2.05, 4.69) is 23.1 Å². The normalized spacial score (nSPS) is 17.7. The van der Waals surface area contributed by atoms with Gasteiger partial charge in [-0.2, -0.15) is 0 Å². The first-order valence-corrected chi connectivity index (χ1v) is 9.16. The second-order valence-corrected chi connectivity index (χ2v) is 6.66. The molecule has 0 amide bonds. The van der Waals surface area contributed by atoms with Gasteiger partial charge < -0.3 is 9.64 Å². The van der Waals surface area contributed by atoms with Crippen LogP contribution in [0.15, 0.2) is 12.3 Å². The Labute approximate surface area is 137 Å². The molecule has 0 aromatic rings. The van der Waals surface area contributed by atoms with Gasteiger partial charge in [-0.15, -0.1) is 0 Å². The number of allylic oxidation sites excluding steroid dienone is 1. The molecular formula is C19H35NO2. The molecule has 0 aliphatic carbocycles. The molecular weight excluding hydrogens is 274 g/mol. The molecule has 3 heteroatoms. The van der Waals surface area contributed by atoms with E-state index in [4.69, 9.17) is 0 Å². The van der Waals surface area contributed by atoms with E-state index in [1.165, 1.54) is 77.1 Å². The van der Waals surface area contributed by atoms with E-state index in [9.17, 15) is 4.79 Å². The fraction of sp³-hybridized carbons (Fsp3) is 0.842. The van der Waals surface area contributed by atoms with Crippen LogP contribution in [0, 0.1) is 0 Å². The smallest absolute Gasteiger partial charge is 0.305 e. The Morgan fingerprint density at radius 2 is 1.59 bits per heavy atom. The van der Waals surface area contributed by atoms with E-state index in [-0.39, 0.29) is 5.97 Å². The van der Waals surface area contributed by atoms with E-state index in [0.29, 0.717) is 12.5 Å². The van der Waals surface area contributed by atoms with Gasteiger partial charge in [-0.25, -0.2) is 0 Å². The summed E-state index contributed by atoms with van der Waals surface area (Å²) >= 11 is 0. The molecule has 0 bridgehead atoms. The molecule has 1 fully saturated rings. The summed E-state index contributed by atoms with van der Waals surface area (Å²) in [6.45, 7) is 7.80. The molecule has 1 aliphatic heterocycles. The van der Waals surface area contributed by atoms with Crippen LogP contribution in [0.25, 0.3) is 0 Å². The highest BCUT2D eigenvalue weighted by Gasteiger charge is 2.20. The van der Waals surface area contributed by atoms with Gasteiger partial charge in [0, 0.05) is 24.7 Å². The van der Waals surface area contributed by atoms with Crippen LogP contribution in [0.1, 0.15) is 84.0 Å². The molecule has 0 aromatic carbocycles. The lowest BCUT2D eigenvalue weighted by atomic mass is 10.1. The molecule has 1 atom stereocenters. The Balaban J connectivity index is 1.85. The summed E-state index contributed by atoms with van der Waals surface area (Å²) in [4.78, 5) is 13.5. The van der Waals surface area contributed by atoms with Gasteiger partial charge in [-0.1, -0.05) is 45.1 Å². The maximum Gasteiger partial charge on any atom is 0.305 e. The number of carbonyl (C=O) groups is 1. The van der Waals surface area contributed by atoms with E-state index in [1.54, 1.807) is 0 Å². The van der Waals surface area contributed by atoms with E-state index >= 15 is 0 Å². The molecule has 0 radical (unpaired) electrons. The van der Waals surface area contributed by atoms with Crippen LogP contribution in [0.2, 0.25) is 0 Å². The van der Waals surface area contributed by atoms with Crippen molar-refractivity contribution in [1.82, 2.24) is 4.90 Å². The molecule has 22 heavy (non-hydrogen) atoms. The lowest BCUT2D eigenvalue weighted by Gasteiger charge is -2.26. The van der Waals surface area contributed by atoms with E-state index < -0.39 is 0 Å². The average molecular weight is 309 g/mol. The highest BCUT2D eigenvalue weighted by Crippen LogP contribution is 2.24. The minimum atomic E-state index is -0.0763. The predicted molar refractivity (Wildman–Crippen MR) is 92.7 cm³/mol. The number of nitrogens with zero attached hydrogens (tertiary/aromatic N) is 1. The number of esters is 1. The summed E-state index contributed by atoms with van der Waals surface area (Å²) in [6, 6.07) is 0.706. The van der Waals surface area contributed by atoms with E-state index in [0.717, 1.165) is 12.8 Å². The van der Waals surface area contributed by atoms with Crippen molar-refractivity contribution < 1.29 is 9.53 Å². The quantitative estimate of drug-likeness (QED) is 0.373. The number of ether oxygens (including phenoxy) is 1. The molecule has 1 heterocycles. The lowest BCUT2D eigenvalue weighted by Crippen LogP contribution is -2.25. The van der Waals surface area contributed by atoms with Gasteiger partial charge in [0.15, 0.2) is 0 Å². The summed E-state index contributed by atoms with van der Waals surface area (Å²) < 4.78 is 4.64. The summed E-state index contributed by atoms with van der Waals surface area (Å²) in [5.74, 6) is -0.0763. The van der Waals surface area contributed by atoms with Crippen LogP contribution in [-0.4, -0.2) is 30.6 Å². The third-order valence-corrected chi connectivity index (χ3v) is 4.78. The number of carbonyl (C=O) groups excluding carboxylic acids is 1. The Bertz CT molecular complexity index is 327. The highest BCUT2D eigenvalue weighted by molar-refractivity contribution is 5.68. The molecule has 1 unspecified atom stereocenters. The van der Waals surface area contributed by atoms with Crippen LogP contribution >= 0.6 is 0 Å². The molecule has 0 saturated carbocycles. The zero-order chi connectivity index (χ0) is 16.2. The van der Waals surface area contributed by atoms with Gasteiger partial charge in [0.05, 0.1) is 7.11 Å². The molecule has 1 saturated heterocycles. The zero-order valence-corrected chi connectivity index (χ0v) is 14.7. The largest absolute Gasteiger partial charge is 0.469 e. The molecule has 3 nitrogen and oxygen atoms in total. The SMILES string of the molecule is C=C(CCCCCCCCCCC(=O)OC)N1CCCC1C. The maximum atomic E-state index is 11.0. The van der Waals surface area contributed by atoms with Crippen LogP contribution in [0.5, 0.6) is 0 Å². The van der Waals surface area contributed by atoms with Gasteiger partial charge in [0.25, 0.3) is 0 Å². The number of hydrogen-bond donors (Lipinski definition) is 0. The number of rotatable bonds is 12. The summed E-state index contributed by atoms with van der Waals surface area (Å²) in [5, 5.41) is 0. The van der Waals surface area contributed by atoms with Crippen LogP contribution in [-0.2, 0) is 9.53 Å². The second-order valence-electron chi connectivity index (χ2n) is 6.66.